The SMILES string of the molecule is CC1(C)CCC(c2ccc(Cl)cc2)=C(CN2CCN(c3ccc(C(=O)NS(=O)(=O)c4ccc(N[C@H](CCN5CCN(Cc6ccc(NC7CCC(=O)NC7=O)nc6F)CC5)CSc5ccccc5)c(S(=O)(=O)C(F)(F)F)c4)cc3)CC2)C1. The molecule has 9 rings (SSSR count). The Labute approximate surface area is 485 Å². The van der Waals surface area contributed by atoms with E-state index in [1.807, 2.05) is 52.1 Å². The molecule has 0 spiro atoms. The highest BCUT2D eigenvalue weighted by Gasteiger charge is 2.48. The van der Waals surface area contributed by atoms with E-state index in [2.05, 4.69) is 61.6 Å². The van der Waals surface area contributed by atoms with Gasteiger partial charge in [0, 0.05) is 117 Å². The van der Waals surface area contributed by atoms with E-state index in [-0.39, 0.29) is 47.8 Å². The van der Waals surface area contributed by atoms with Crippen LogP contribution >= 0.6 is 23.4 Å². The molecule has 1 aromatic heterocycles. The third-order valence-corrected chi connectivity index (χ3v) is 19.7. The molecular weight excluding hydrogens is 1140 g/mol. The predicted molar refractivity (Wildman–Crippen MR) is 310 cm³/mol. The second kappa shape index (κ2) is 25.8. The number of carbonyl (C=O) groups is 3. The zero-order valence-corrected chi connectivity index (χ0v) is 48.7. The number of sulfone groups is 1. The number of thioether (sulfide) groups is 1. The largest absolute Gasteiger partial charge is 0.501 e. The zero-order valence-electron chi connectivity index (χ0n) is 45.5. The molecule has 3 fully saturated rings. The van der Waals surface area contributed by atoms with Crippen LogP contribution in [-0.4, -0.2) is 143 Å². The van der Waals surface area contributed by atoms with Gasteiger partial charge in [-0.3, -0.25) is 29.5 Å². The summed E-state index contributed by atoms with van der Waals surface area (Å²) >= 11 is 7.61. The molecule has 2 atom stereocenters. The summed E-state index contributed by atoms with van der Waals surface area (Å²) in [5.41, 5.74) is -0.929. The second-order valence-electron chi connectivity index (χ2n) is 21.9. The smallest absolute Gasteiger partial charge is 0.380 e. The summed E-state index contributed by atoms with van der Waals surface area (Å²) in [4.78, 5) is 48.7. The second-order valence-corrected chi connectivity index (χ2v) is 27.1. The Kier molecular flexibility index (Phi) is 19.1. The van der Waals surface area contributed by atoms with Gasteiger partial charge in [-0.15, -0.1) is 11.8 Å². The van der Waals surface area contributed by atoms with E-state index in [0.29, 0.717) is 68.9 Å². The van der Waals surface area contributed by atoms with Crippen molar-refractivity contribution in [2.75, 3.05) is 86.7 Å². The number of nitrogens with zero attached hydrogens (tertiary/aromatic N) is 5. The molecule has 3 saturated heterocycles. The van der Waals surface area contributed by atoms with Gasteiger partial charge in [-0.05, 0) is 128 Å². The number of hydrogen-bond donors (Lipinski definition) is 4. The fraction of sp³-hybridized carbons (Fsp3) is 0.414. The van der Waals surface area contributed by atoms with Gasteiger partial charge < -0.3 is 20.4 Å². The van der Waals surface area contributed by atoms with Gasteiger partial charge in [0.05, 0.1) is 10.6 Å². The summed E-state index contributed by atoms with van der Waals surface area (Å²) in [7, 11) is -11.1. The summed E-state index contributed by atoms with van der Waals surface area (Å²) in [6.45, 7) is 11.4. The lowest BCUT2D eigenvalue weighted by atomic mass is 9.73. The van der Waals surface area contributed by atoms with E-state index in [1.54, 1.807) is 24.3 Å². The quantitative estimate of drug-likeness (QED) is 0.0249. The molecule has 5 aromatic rings. The molecular formula is C58H66ClF4N9O7S3. The van der Waals surface area contributed by atoms with Gasteiger partial charge in [-0.2, -0.15) is 17.6 Å². The normalized spacial score (nSPS) is 19.2. The van der Waals surface area contributed by atoms with Crippen LogP contribution in [0.5, 0.6) is 0 Å². The van der Waals surface area contributed by atoms with Crippen molar-refractivity contribution in [2.24, 2.45) is 5.41 Å². The fourth-order valence-electron chi connectivity index (χ4n) is 10.7. The molecule has 0 saturated carbocycles. The first-order chi connectivity index (χ1) is 39.0. The van der Waals surface area contributed by atoms with Crippen LogP contribution in [0.1, 0.15) is 73.9 Å². The first-order valence-corrected chi connectivity index (χ1v) is 31.5. The van der Waals surface area contributed by atoms with Gasteiger partial charge in [-0.25, -0.2) is 26.5 Å². The standard InChI is InChI=1S/C58H66ClF4N9O7S3/c1-57(2)24-22-48(39-8-13-43(59)14-9-39)42(35-57)37-71-30-32-72(33-31-71)45-15-10-40(11-16-45)55(74)68-82(78,79)47-17-18-49(51(34-47)81(76,77)58(61,62)63)64-44(38-80-46-6-4-3-5-7-46)23-25-69-26-28-70(29-27-69)36-41-12-20-52(66-54(41)60)65-50-19-21-53(73)67-56(50)75/h3-18,20,34,44,50,64H,19,21-33,35-38H2,1-2H3,(H,65,66)(H,68,74)(H,67,73,75)/t44-,50?/m1/s1. The maximum absolute atomic E-state index is 15.2. The summed E-state index contributed by atoms with van der Waals surface area (Å²) in [5, 5.41) is 8.83. The molecule has 0 bridgehead atoms. The summed E-state index contributed by atoms with van der Waals surface area (Å²) in [6.07, 6.45) is 3.85. The average Bonchev–Trinajstić information content (AvgIpc) is 3.47. The molecule has 3 aliphatic heterocycles. The number of hydrogen-bond acceptors (Lipinski definition) is 15. The number of anilines is 3. The molecule has 1 aliphatic carbocycles. The van der Waals surface area contributed by atoms with E-state index in [1.165, 1.54) is 40.6 Å². The van der Waals surface area contributed by atoms with Gasteiger partial charge in [0.15, 0.2) is 0 Å². The van der Waals surface area contributed by atoms with Crippen LogP contribution in [0, 0.1) is 11.4 Å². The molecule has 438 valence electrons. The molecule has 0 radical (unpaired) electrons. The average molecular weight is 1210 g/mol. The number of alkyl halides is 3. The van der Waals surface area contributed by atoms with Crippen molar-refractivity contribution >= 4 is 83.7 Å². The van der Waals surface area contributed by atoms with E-state index in [0.717, 1.165) is 61.6 Å². The molecule has 24 heteroatoms. The molecule has 1 unspecified atom stereocenters. The van der Waals surface area contributed by atoms with E-state index >= 15 is 4.39 Å². The van der Waals surface area contributed by atoms with Gasteiger partial charge in [-0.1, -0.05) is 61.4 Å². The van der Waals surface area contributed by atoms with Crippen LogP contribution in [0.15, 0.2) is 129 Å². The summed E-state index contributed by atoms with van der Waals surface area (Å²) in [5.74, 6) is -2.18. The van der Waals surface area contributed by atoms with Crippen molar-refractivity contribution in [2.45, 2.75) is 91.2 Å². The molecule has 4 N–H and O–H groups in total. The van der Waals surface area contributed by atoms with Crippen molar-refractivity contribution in [1.29, 1.82) is 0 Å². The Morgan fingerprint density at radius 3 is 2.17 bits per heavy atom. The van der Waals surface area contributed by atoms with Gasteiger partial charge >= 0.3 is 5.51 Å². The minimum Gasteiger partial charge on any atom is -0.380 e. The topological polar surface area (TPSA) is 193 Å². The number of aromatic nitrogens is 1. The van der Waals surface area contributed by atoms with Gasteiger partial charge in [0.2, 0.25) is 17.8 Å². The Hall–Kier alpha value is -6.08. The molecule has 3 amide bonds. The highest BCUT2D eigenvalue weighted by atomic mass is 35.5. The number of imide groups is 1. The Balaban J connectivity index is 0.823. The number of sulfonamides is 1. The number of benzene rings is 4. The number of carbonyl (C=O) groups excluding carboxylic acids is 3. The lowest BCUT2D eigenvalue weighted by molar-refractivity contribution is -0.133. The van der Waals surface area contributed by atoms with E-state index in [9.17, 15) is 44.4 Å². The number of allylic oxidation sites excluding steroid dienone is 1. The number of piperazine rings is 2. The monoisotopic (exact) mass is 1210 g/mol. The fourth-order valence-corrected chi connectivity index (χ4v) is 13.9. The Morgan fingerprint density at radius 1 is 0.829 bits per heavy atom. The number of amides is 3. The van der Waals surface area contributed by atoms with Crippen molar-refractivity contribution in [3.05, 3.63) is 142 Å². The third kappa shape index (κ3) is 15.4. The highest BCUT2D eigenvalue weighted by molar-refractivity contribution is 7.99. The first kappa shape index (κ1) is 60.5. The van der Waals surface area contributed by atoms with E-state index < -0.39 is 70.7 Å². The number of nitrogens with one attached hydrogen (secondary N) is 4. The molecule has 4 aliphatic rings. The Morgan fingerprint density at radius 2 is 1.50 bits per heavy atom. The van der Waals surface area contributed by atoms with Crippen molar-refractivity contribution in [3.63, 3.8) is 0 Å². The first-order valence-electron chi connectivity index (χ1n) is 27.2. The number of piperidine rings is 1. The minimum absolute atomic E-state index is 0.0341. The molecule has 16 nitrogen and oxygen atoms in total. The van der Waals surface area contributed by atoms with Crippen LogP contribution in [0.4, 0.5) is 34.8 Å². The van der Waals surface area contributed by atoms with Crippen LogP contribution in [0.25, 0.3) is 5.57 Å². The lowest BCUT2D eigenvalue weighted by Crippen LogP contribution is -2.47. The number of halogens is 5. The van der Waals surface area contributed by atoms with Crippen molar-refractivity contribution < 1.29 is 48.8 Å². The maximum atomic E-state index is 15.2. The third-order valence-electron chi connectivity index (χ3n) is 15.4. The number of pyridine rings is 1. The maximum Gasteiger partial charge on any atom is 0.501 e. The van der Waals surface area contributed by atoms with Crippen LogP contribution < -0.4 is 25.6 Å². The molecule has 4 aromatic carbocycles. The van der Waals surface area contributed by atoms with Crippen LogP contribution in [-0.2, 0) is 36.0 Å². The summed E-state index contributed by atoms with van der Waals surface area (Å²) < 4.78 is 115. The van der Waals surface area contributed by atoms with E-state index in [4.69, 9.17) is 11.6 Å². The zero-order chi connectivity index (χ0) is 58.4. The summed E-state index contributed by atoms with van der Waals surface area (Å²) in [6, 6.07) is 27.8. The predicted octanol–water partition coefficient (Wildman–Crippen LogP) is 9.07. The van der Waals surface area contributed by atoms with Crippen LogP contribution in [0.2, 0.25) is 5.02 Å². The molecule has 4 heterocycles. The number of rotatable bonds is 20. The molecule has 82 heavy (non-hydrogen) atoms. The van der Waals surface area contributed by atoms with Gasteiger partial charge in [0.25, 0.3) is 25.8 Å². The Bertz CT molecular complexity index is 3380. The van der Waals surface area contributed by atoms with Crippen molar-refractivity contribution in [3.8, 4) is 0 Å². The van der Waals surface area contributed by atoms with Gasteiger partial charge in [0.1, 0.15) is 16.8 Å². The van der Waals surface area contributed by atoms with Crippen molar-refractivity contribution in [1.82, 2.24) is 29.7 Å². The van der Waals surface area contributed by atoms with Crippen LogP contribution in [0.3, 0.4) is 0 Å². The lowest BCUT2D eigenvalue weighted by Gasteiger charge is -2.39. The highest BCUT2D eigenvalue weighted by Crippen LogP contribution is 2.43. The minimum atomic E-state index is -6.15.